The van der Waals surface area contributed by atoms with Crippen molar-refractivity contribution >= 4 is 11.5 Å². The van der Waals surface area contributed by atoms with Gasteiger partial charge in [-0.3, -0.25) is 0 Å². The molecule has 0 amide bonds. The van der Waals surface area contributed by atoms with Crippen LogP contribution >= 0.6 is 0 Å². The van der Waals surface area contributed by atoms with Crippen LogP contribution in [-0.4, -0.2) is 25.7 Å². The molecule has 1 N–H and O–H groups in total. The minimum atomic E-state index is -1.03. The zero-order valence-electron chi connectivity index (χ0n) is 10.9. The van der Waals surface area contributed by atoms with Crippen LogP contribution in [0.15, 0.2) is 42.5 Å². The van der Waals surface area contributed by atoms with E-state index in [1.54, 1.807) is 16.6 Å². The largest absolute Gasteiger partial charge is 0.476 e. The van der Waals surface area contributed by atoms with Gasteiger partial charge in [0.25, 0.3) is 0 Å². The fourth-order valence-corrected chi connectivity index (χ4v) is 2.17. The molecule has 2 aromatic heterocycles. The van der Waals surface area contributed by atoms with Crippen LogP contribution in [0.25, 0.3) is 5.52 Å². The summed E-state index contributed by atoms with van der Waals surface area (Å²) in [4.78, 5) is 15.5. The first-order chi connectivity index (χ1) is 9.65. The molecule has 3 rings (SSSR count). The molecular weight excluding hydrogens is 254 g/mol. The minimum Gasteiger partial charge on any atom is -0.476 e. The lowest BCUT2D eigenvalue weighted by Crippen LogP contribution is -2.01. The second-order valence-corrected chi connectivity index (χ2v) is 4.62. The van der Waals surface area contributed by atoms with Gasteiger partial charge in [-0.1, -0.05) is 30.3 Å². The van der Waals surface area contributed by atoms with Gasteiger partial charge in [-0.2, -0.15) is 5.10 Å². The van der Waals surface area contributed by atoms with E-state index in [1.807, 2.05) is 37.3 Å². The van der Waals surface area contributed by atoms with Crippen molar-refractivity contribution in [2.75, 3.05) is 0 Å². The number of carboxylic acids is 1. The highest BCUT2D eigenvalue weighted by Gasteiger charge is 2.17. The average molecular weight is 267 g/mol. The molecule has 0 atom stereocenters. The predicted octanol–water partition coefficient (Wildman–Crippen LogP) is 2.33. The lowest BCUT2D eigenvalue weighted by molar-refractivity contribution is 0.0693. The van der Waals surface area contributed by atoms with E-state index in [1.165, 1.54) is 0 Å². The van der Waals surface area contributed by atoms with Gasteiger partial charge in [-0.15, -0.1) is 0 Å². The summed E-state index contributed by atoms with van der Waals surface area (Å²) < 4.78 is 1.62. The minimum absolute atomic E-state index is 0.0448. The van der Waals surface area contributed by atoms with Crippen molar-refractivity contribution in [3.05, 3.63) is 65.2 Å². The number of carbonyl (C=O) groups is 1. The van der Waals surface area contributed by atoms with Crippen LogP contribution in [0, 0.1) is 6.92 Å². The SMILES string of the molecule is Cc1ccc2c(C(=O)O)nc(Cc3ccccc3)n2n1. The van der Waals surface area contributed by atoms with Gasteiger partial charge in [0.2, 0.25) is 0 Å². The Bertz CT molecular complexity index is 778. The van der Waals surface area contributed by atoms with E-state index in [4.69, 9.17) is 0 Å². The lowest BCUT2D eigenvalue weighted by atomic mass is 10.1. The quantitative estimate of drug-likeness (QED) is 0.790. The van der Waals surface area contributed by atoms with E-state index in [2.05, 4.69) is 10.1 Å². The molecule has 0 aliphatic carbocycles. The maximum absolute atomic E-state index is 11.3. The lowest BCUT2D eigenvalue weighted by Gasteiger charge is -2.01. The van der Waals surface area contributed by atoms with Gasteiger partial charge in [-0.05, 0) is 24.6 Å². The summed E-state index contributed by atoms with van der Waals surface area (Å²) in [6.07, 6.45) is 0.547. The van der Waals surface area contributed by atoms with Crippen molar-refractivity contribution in [1.29, 1.82) is 0 Å². The van der Waals surface area contributed by atoms with Gasteiger partial charge < -0.3 is 5.11 Å². The van der Waals surface area contributed by atoms with Gasteiger partial charge in [0.05, 0.1) is 11.2 Å². The molecule has 0 radical (unpaired) electrons. The number of aryl methyl sites for hydroxylation is 1. The van der Waals surface area contributed by atoms with Crippen LogP contribution in [0.4, 0.5) is 0 Å². The Hall–Kier alpha value is -2.69. The van der Waals surface area contributed by atoms with Crippen molar-refractivity contribution in [3.8, 4) is 0 Å². The molecule has 0 saturated carbocycles. The summed E-state index contributed by atoms with van der Waals surface area (Å²) in [5.74, 6) is -0.403. The van der Waals surface area contributed by atoms with E-state index < -0.39 is 5.97 Å². The molecule has 5 nitrogen and oxygen atoms in total. The van der Waals surface area contributed by atoms with E-state index >= 15 is 0 Å². The highest BCUT2D eigenvalue weighted by atomic mass is 16.4. The fourth-order valence-electron chi connectivity index (χ4n) is 2.17. The van der Waals surface area contributed by atoms with Crippen LogP contribution < -0.4 is 0 Å². The molecule has 0 saturated heterocycles. The van der Waals surface area contributed by atoms with E-state index in [0.717, 1.165) is 11.3 Å². The monoisotopic (exact) mass is 267 g/mol. The molecule has 0 spiro atoms. The number of hydrogen-bond donors (Lipinski definition) is 1. The predicted molar refractivity (Wildman–Crippen MR) is 73.9 cm³/mol. The number of imidazole rings is 1. The van der Waals surface area contributed by atoms with Gasteiger partial charge in [0, 0.05) is 6.42 Å². The summed E-state index contributed by atoms with van der Waals surface area (Å²) in [5.41, 5.74) is 2.46. The highest BCUT2D eigenvalue weighted by Crippen LogP contribution is 2.15. The van der Waals surface area contributed by atoms with Crippen LogP contribution in [-0.2, 0) is 6.42 Å². The second kappa shape index (κ2) is 4.77. The Morgan fingerprint density at radius 3 is 2.65 bits per heavy atom. The molecule has 0 aliphatic rings. The van der Waals surface area contributed by atoms with Crippen molar-refractivity contribution < 1.29 is 9.90 Å². The van der Waals surface area contributed by atoms with Crippen molar-refractivity contribution in [1.82, 2.24) is 14.6 Å². The highest BCUT2D eigenvalue weighted by molar-refractivity contribution is 5.93. The van der Waals surface area contributed by atoms with E-state index in [9.17, 15) is 9.90 Å². The fraction of sp³-hybridized carbons (Fsp3) is 0.133. The molecular formula is C15H13N3O2. The third-order valence-corrected chi connectivity index (χ3v) is 3.10. The van der Waals surface area contributed by atoms with Gasteiger partial charge in [-0.25, -0.2) is 14.3 Å². The molecule has 0 unspecified atom stereocenters. The van der Waals surface area contributed by atoms with Crippen molar-refractivity contribution in [2.24, 2.45) is 0 Å². The molecule has 0 aliphatic heterocycles. The van der Waals surface area contributed by atoms with Crippen LogP contribution in [0.1, 0.15) is 27.6 Å². The third-order valence-electron chi connectivity index (χ3n) is 3.10. The number of fused-ring (bicyclic) bond motifs is 1. The topological polar surface area (TPSA) is 67.5 Å². The average Bonchev–Trinajstić information content (AvgIpc) is 2.78. The standard InChI is InChI=1S/C15H13N3O2/c1-10-7-8-12-14(15(19)20)16-13(18(12)17-10)9-11-5-3-2-4-6-11/h2-8H,9H2,1H3,(H,19,20). The summed E-state index contributed by atoms with van der Waals surface area (Å²) in [6, 6.07) is 13.3. The molecule has 5 heteroatoms. The molecule has 3 aromatic rings. The second-order valence-electron chi connectivity index (χ2n) is 4.62. The van der Waals surface area contributed by atoms with Crippen LogP contribution in [0.2, 0.25) is 0 Å². The number of rotatable bonds is 3. The maximum Gasteiger partial charge on any atom is 0.356 e. The van der Waals surface area contributed by atoms with Crippen LogP contribution in [0.3, 0.4) is 0 Å². The van der Waals surface area contributed by atoms with Gasteiger partial charge >= 0.3 is 5.97 Å². The zero-order valence-corrected chi connectivity index (χ0v) is 10.9. The van der Waals surface area contributed by atoms with Gasteiger partial charge in [0.1, 0.15) is 5.82 Å². The third kappa shape index (κ3) is 2.14. The Morgan fingerprint density at radius 1 is 1.20 bits per heavy atom. The molecule has 1 aromatic carbocycles. The Morgan fingerprint density at radius 2 is 1.95 bits per heavy atom. The Balaban J connectivity index is 2.15. The number of aromatic carboxylic acids is 1. The number of nitrogens with zero attached hydrogens (tertiary/aromatic N) is 3. The summed E-state index contributed by atoms with van der Waals surface area (Å²) >= 11 is 0. The van der Waals surface area contributed by atoms with Crippen LogP contribution in [0.5, 0.6) is 0 Å². The number of hydrogen-bond acceptors (Lipinski definition) is 3. The normalized spacial score (nSPS) is 10.8. The van der Waals surface area contributed by atoms with Gasteiger partial charge in [0.15, 0.2) is 5.69 Å². The molecule has 2 heterocycles. The van der Waals surface area contributed by atoms with E-state index in [-0.39, 0.29) is 5.69 Å². The number of benzene rings is 1. The smallest absolute Gasteiger partial charge is 0.356 e. The Kier molecular flexibility index (Phi) is 2.95. The molecule has 0 fully saturated rings. The summed E-state index contributed by atoms with van der Waals surface area (Å²) in [6.45, 7) is 1.87. The first kappa shape index (κ1) is 12.3. The summed E-state index contributed by atoms with van der Waals surface area (Å²) in [7, 11) is 0. The molecule has 20 heavy (non-hydrogen) atoms. The first-order valence-corrected chi connectivity index (χ1v) is 6.27. The summed E-state index contributed by atoms with van der Waals surface area (Å²) in [5, 5.41) is 13.6. The molecule has 0 bridgehead atoms. The number of carboxylic acid groups (broad SMARTS) is 1. The zero-order chi connectivity index (χ0) is 14.1. The van der Waals surface area contributed by atoms with Crippen molar-refractivity contribution in [2.45, 2.75) is 13.3 Å². The maximum atomic E-state index is 11.3. The van der Waals surface area contributed by atoms with E-state index in [0.29, 0.717) is 17.8 Å². The number of aromatic nitrogens is 3. The van der Waals surface area contributed by atoms with Crippen molar-refractivity contribution in [3.63, 3.8) is 0 Å². The molecule has 100 valence electrons. The first-order valence-electron chi connectivity index (χ1n) is 6.27. The Labute approximate surface area is 115 Å².